The Balaban J connectivity index is 1.26. The lowest BCUT2D eigenvalue weighted by molar-refractivity contribution is -0.336. The zero-order valence-corrected chi connectivity index (χ0v) is 53.3. The van der Waals surface area contributed by atoms with Gasteiger partial charge in [-0.3, -0.25) is 24.5 Å². The molecule has 8 N–H and O–H groups in total. The maximum Gasteiger partial charge on any atom is 0.411 e. The van der Waals surface area contributed by atoms with Crippen molar-refractivity contribution in [1.29, 1.82) is 0 Å². The number of alkyl carbamates (subject to hydrolysis) is 1. The van der Waals surface area contributed by atoms with Crippen LogP contribution in [0.1, 0.15) is 77.2 Å². The maximum atomic E-state index is 14.4. The minimum atomic E-state index is -2.07. The number of rotatable bonds is 21. The van der Waals surface area contributed by atoms with E-state index >= 15 is 0 Å². The first-order valence-corrected chi connectivity index (χ1v) is 30.3. The van der Waals surface area contributed by atoms with E-state index in [1.807, 2.05) is 29.5 Å². The monoisotopic (exact) mass is 1350 g/mol. The van der Waals surface area contributed by atoms with Gasteiger partial charge in [0.1, 0.15) is 42.2 Å². The van der Waals surface area contributed by atoms with Crippen molar-refractivity contribution >= 4 is 68.2 Å². The van der Waals surface area contributed by atoms with Crippen molar-refractivity contribution in [2.75, 3.05) is 54.5 Å². The molecule has 1 amide bonds. The summed E-state index contributed by atoms with van der Waals surface area (Å²) in [5.41, 5.74) is 0.716. The number of benzene rings is 1. The number of hydrogen-bond acceptors (Lipinski definition) is 26. The van der Waals surface area contributed by atoms with Crippen LogP contribution in [0.3, 0.4) is 0 Å². The van der Waals surface area contributed by atoms with E-state index < -0.39 is 132 Å². The highest BCUT2D eigenvalue weighted by Crippen LogP contribution is 2.49. The third-order valence-electron chi connectivity index (χ3n) is 14.6. The molecule has 6 rings (SSSR count). The van der Waals surface area contributed by atoms with E-state index in [0.29, 0.717) is 15.7 Å². The van der Waals surface area contributed by atoms with Gasteiger partial charge in [-0.15, -0.1) is 0 Å². The lowest BCUT2D eigenvalue weighted by Gasteiger charge is -2.46. The van der Waals surface area contributed by atoms with Crippen LogP contribution in [0.15, 0.2) is 35.1 Å². The summed E-state index contributed by atoms with van der Waals surface area (Å²) in [4.78, 5) is 59.3. The number of ether oxygens (including phenoxy) is 12. The Bertz CT molecular complexity index is 2750. The average molecular weight is 1350 g/mol. The van der Waals surface area contributed by atoms with Crippen molar-refractivity contribution in [1.82, 2.24) is 16.1 Å². The molecule has 4 heterocycles. The largest absolute Gasteiger partial charge is 0.492 e. The van der Waals surface area contributed by atoms with Gasteiger partial charge in [-0.1, -0.05) is 60.2 Å². The second-order valence-electron chi connectivity index (χ2n) is 20.5. The van der Waals surface area contributed by atoms with Gasteiger partial charge in [0.05, 0.1) is 90.6 Å². The van der Waals surface area contributed by atoms with Crippen LogP contribution in [-0.4, -0.2) is 217 Å². The molecule has 0 saturated carbocycles. The van der Waals surface area contributed by atoms with E-state index in [1.54, 1.807) is 34.8 Å². The summed E-state index contributed by atoms with van der Waals surface area (Å²) in [7, 11) is 6.70. The third-order valence-corrected chi connectivity index (χ3v) is 18.1. The summed E-state index contributed by atoms with van der Waals surface area (Å²) in [6, 6.07) is -1.33. The van der Waals surface area contributed by atoms with E-state index in [4.69, 9.17) is 61.7 Å². The number of Topliss-reactive ketones (excluding diaryl/α,β-unsaturated/α-hetero) is 1. The molecule has 472 valence electrons. The van der Waals surface area contributed by atoms with Gasteiger partial charge in [-0.2, -0.15) is 5.48 Å². The number of allylic oxidation sites excluding steroid dienone is 3. The first kappa shape index (κ1) is 70.1. The maximum absolute atomic E-state index is 14.4. The molecule has 17 unspecified atom stereocenters. The number of likely N-dealkylation sites (N-methyl/N-ethyl adjacent to an activating group) is 1. The minimum absolute atomic E-state index is 0.0151. The van der Waals surface area contributed by atoms with Gasteiger partial charge < -0.3 is 87.7 Å². The molecular formula is C57H78IN3O22S2. The highest BCUT2D eigenvalue weighted by Gasteiger charge is 2.51. The summed E-state index contributed by atoms with van der Waals surface area (Å²) >= 11 is 3.70. The van der Waals surface area contributed by atoms with Crippen LogP contribution in [-0.2, 0) is 57.1 Å². The van der Waals surface area contributed by atoms with Crippen molar-refractivity contribution in [3.63, 3.8) is 0 Å². The molecule has 85 heavy (non-hydrogen) atoms. The molecule has 1 aromatic rings. The normalized spacial score (nSPS) is 35.4. The van der Waals surface area contributed by atoms with Crippen LogP contribution in [0.25, 0.3) is 0 Å². The van der Waals surface area contributed by atoms with Gasteiger partial charge in [0.25, 0.3) is 0 Å². The number of halogens is 1. The summed E-state index contributed by atoms with van der Waals surface area (Å²) in [6.45, 7) is 13.2. The molecule has 0 bridgehead atoms. The smallest absolute Gasteiger partial charge is 0.411 e. The fourth-order valence-corrected chi connectivity index (χ4v) is 12.5. The van der Waals surface area contributed by atoms with Crippen LogP contribution in [0.4, 0.5) is 4.79 Å². The molecule has 19 atom stereocenters. The Morgan fingerprint density at radius 1 is 0.847 bits per heavy atom. The van der Waals surface area contributed by atoms with Crippen LogP contribution in [0, 0.1) is 34.2 Å². The Hall–Kier alpha value is -3.97. The zero-order valence-electron chi connectivity index (χ0n) is 49.5. The number of aliphatic hydroxyl groups excluding tert-OH is 4. The quantitative estimate of drug-likeness (QED) is 0.0379. The molecule has 5 aliphatic rings. The minimum Gasteiger partial charge on any atom is -0.492 e. The lowest BCUT2D eigenvalue weighted by Crippen LogP contribution is -2.65. The van der Waals surface area contributed by atoms with Gasteiger partial charge in [-0.05, 0) is 81.5 Å². The predicted octanol–water partition coefficient (Wildman–Crippen LogP) is 2.45. The van der Waals surface area contributed by atoms with Crippen LogP contribution in [0.2, 0.25) is 0 Å². The molecular weight excluding hydrogens is 1270 g/mol. The van der Waals surface area contributed by atoms with Crippen molar-refractivity contribution in [2.45, 2.75) is 183 Å². The van der Waals surface area contributed by atoms with Crippen molar-refractivity contribution in [2.24, 2.45) is 0 Å². The number of hydrogen-bond donors (Lipinski definition) is 8. The first-order valence-electron chi connectivity index (χ1n) is 27.3. The van der Waals surface area contributed by atoms with Crippen molar-refractivity contribution in [3.8, 4) is 40.9 Å². The predicted molar refractivity (Wildman–Crippen MR) is 316 cm³/mol. The molecule has 0 spiro atoms. The number of hydroxylamine groups is 1. The number of ketones is 1. The number of carbonyl (C=O) groups excluding carboxylic acids is 4. The number of thioether (sulfide) groups is 2. The van der Waals surface area contributed by atoms with Gasteiger partial charge in [-0.25, -0.2) is 4.79 Å². The summed E-state index contributed by atoms with van der Waals surface area (Å²) < 4.78 is 72.3. The van der Waals surface area contributed by atoms with E-state index in [9.17, 15) is 44.7 Å². The number of nitrogens with one attached hydrogen (secondary N) is 3. The topological polar surface area (TPSA) is 326 Å². The van der Waals surface area contributed by atoms with Gasteiger partial charge in [0.15, 0.2) is 41.3 Å². The van der Waals surface area contributed by atoms with Crippen molar-refractivity contribution in [3.05, 3.63) is 49.8 Å². The average Bonchev–Trinajstić information content (AvgIpc) is 1.43. The Morgan fingerprint density at radius 2 is 1.54 bits per heavy atom. The van der Waals surface area contributed by atoms with Crippen LogP contribution >= 0.6 is 46.1 Å². The molecule has 4 aliphatic heterocycles. The fourth-order valence-electron chi connectivity index (χ4n) is 10.2. The summed E-state index contributed by atoms with van der Waals surface area (Å²) in [6.07, 6.45) is -14.3. The van der Waals surface area contributed by atoms with Gasteiger partial charge >= 0.3 is 6.09 Å². The second-order valence-corrected chi connectivity index (χ2v) is 23.9. The molecule has 25 nitrogen and oxygen atoms in total. The Labute approximate surface area is 516 Å². The molecule has 0 radical (unpaired) electrons. The number of aliphatic hydroxyl groups is 5. The molecule has 0 aromatic heterocycles. The van der Waals surface area contributed by atoms with E-state index in [0.717, 1.165) is 30.6 Å². The van der Waals surface area contributed by atoms with Crippen LogP contribution in [0.5, 0.6) is 17.2 Å². The third kappa shape index (κ3) is 17.1. The number of amides is 1. The number of methoxy groups -OCH3 is 5. The molecule has 1 aromatic carbocycles. The van der Waals surface area contributed by atoms with Gasteiger partial charge in [0, 0.05) is 57.8 Å². The number of carbonyl (C=O) groups is 4. The molecule has 1 aliphatic carbocycles. The zero-order chi connectivity index (χ0) is 62.6. The highest BCUT2D eigenvalue weighted by molar-refractivity contribution is 14.1. The molecule has 4 fully saturated rings. The fraction of sp³-hybridized carbons (Fsp3) is 0.649. The summed E-state index contributed by atoms with van der Waals surface area (Å²) in [5, 5.41) is 62.1. The second kappa shape index (κ2) is 32.0. The highest BCUT2D eigenvalue weighted by atomic mass is 127. The first-order chi connectivity index (χ1) is 40.4. The van der Waals surface area contributed by atoms with Crippen molar-refractivity contribution < 1.29 is 106 Å². The van der Waals surface area contributed by atoms with E-state index in [-0.39, 0.29) is 70.3 Å². The van der Waals surface area contributed by atoms with Gasteiger partial charge in [0.2, 0.25) is 17.2 Å². The van der Waals surface area contributed by atoms with E-state index in [1.165, 1.54) is 60.3 Å². The SMILES string of the molecule is CCNC1COC(OC2C(O[C@H]3C#C/C=C\C#C[C@@](C)(O)C(=C/CSC(C)=O)/C3=C(/NC(=O)OC)C(C)=O)OC(C)C(NOC3CC(O)C(SC(=O)c4c(C)c(I)c(OC5OC(C)C(O)C(OC)C5O)c(OC)c4OC)C(C)O3)C2O)CC1OC. The lowest BCUT2D eigenvalue weighted by atomic mass is 9.84. The van der Waals surface area contributed by atoms with Crippen LogP contribution < -0.4 is 30.3 Å². The standard InChI is InChI=1S/C57H78IN3O22S2/c1-14-59-33-25-76-37(24-36(33)71-9)81-50-45(66)43(28(4)78-55(50)80-35-19-17-15-16-18-21-57(8,70)32(20-22-84-31(7)63)40(35)42(27(3)62)60-56(69)75-13)61-83-38-23-34(64)52(30(6)77-38)85-53(68)39-26(2)41(58)48(51(74-12)47(39)72-10)82-54-46(67)49(73-11)44(65)29(5)79-54/h15-16,20,28-30,33-38,43-46,49-50,52,54-55,59,61,64-67,70H,14,22-25H2,1-13H3,(H,60,69)/b16-15-,32-20+,42-40-/t28?,29?,30?,33?,34?,35-,36?,37?,38?,43?,44?,45?,46?,49?,50?,52?,54?,55?,57+/m0/s1. The molecule has 28 heteroatoms. The Morgan fingerprint density at radius 3 is 2.16 bits per heavy atom. The Kier molecular flexibility index (Phi) is 26.4. The van der Waals surface area contributed by atoms with E-state index in [2.05, 4.69) is 39.8 Å². The summed E-state index contributed by atoms with van der Waals surface area (Å²) in [5.74, 6) is 10.7. The molecule has 4 saturated heterocycles.